The molecule has 2 amide bonds. The van der Waals surface area contributed by atoms with E-state index in [9.17, 15) is 9.59 Å². The molecule has 1 aromatic rings. The summed E-state index contributed by atoms with van der Waals surface area (Å²) in [6, 6.07) is -0.356. The summed E-state index contributed by atoms with van der Waals surface area (Å²) in [6.07, 6.45) is 5.88. The van der Waals surface area contributed by atoms with E-state index in [-0.39, 0.29) is 22.7 Å². The van der Waals surface area contributed by atoms with Crippen molar-refractivity contribution in [2.75, 3.05) is 11.1 Å². The van der Waals surface area contributed by atoms with Crippen LogP contribution in [0.1, 0.15) is 43.2 Å². The number of hydrogen-bond donors (Lipinski definition) is 1. The normalized spacial score (nSPS) is 30.3. The van der Waals surface area contributed by atoms with E-state index in [0.717, 1.165) is 25.0 Å². The van der Waals surface area contributed by atoms with Crippen molar-refractivity contribution in [3.8, 4) is 0 Å². The average Bonchev–Trinajstić information content (AvgIpc) is 3.12. The summed E-state index contributed by atoms with van der Waals surface area (Å²) in [5.41, 5.74) is 1.15. The Kier molecular flexibility index (Phi) is 3.45. The number of carbonyl (C=O) groups excluding carboxylic acids is 2. The van der Waals surface area contributed by atoms with Crippen LogP contribution in [0.4, 0.5) is 5.13 Å². The molecule has 0 bridgehead atoms. The van der Waals surface area contributed by atoms with E-state index < -0.39 is 0 Å². The van der Waals surface area contributed by atoms with E-state index in [1.54, 1.807) is 28.0 Å². The van der Waals surface area contributed by atoms with Gasteiger partial charge in [-0.2, -0.15) is 0 Å². The highest BCUT2D eigenvalue weighted by Gasteiger charge is 2.52. The predicted octanol–water partition coefficient (Wildman–Crippen LogP) is 2.41. The molecule has 3 heterocycles. The molecule has 1 aliphatic carbocycles. The number of thioether (sulfide) groups is 1. The van der Waals surface area contributed by atoms with Gasteiger partial charge in [0.2, 0.25) is 11.8 Å². The van der Waals surface area contributed by atoms with Crippen LogP contribution in [0.2, 0.25) is 0 Å². The molecule has 0 saturated carbocycles. The molecule has 5 nitrogen and oxygen atoms in total. The second-order valence-corrected chi connectivity index (χ2v) is 8.94. The Morgan fingerprint density at radius 3 is 3.00 bits per heavy atom. The average molecular weight is 337 g/mol. The zero-order valence-corrected chi connectivity index (χ0v) is 14.2. The van der Waals surface area contributed by atoms with Crippen molar-refractivity contribution >= 4 is 40.0 Å². The number of rotatable bonds is 2. The number of aromatic nitrogens is 1. The van der Waals surface area contributed by atoms with Gasteiger partial charge in [0.1, 0.15) is 6.04 Å². The minimum absolute atomic E-state index is 0.0856. The summed E-state index contributed by atoms with van der Waals surface area (Å²) in [5, 5.41) is 3.65. The number of anilines is 1. The van der Waals surface area contributed by atoms with Gasteiger partial charge in [0.05, 0.1) is 10.6 Å². The number of nitrogens with zero attached hydrogens (tertiary/aromatic N) is 2. The minimum Gasteiger partial charge on any atom is -0.315 e. The molecular formula is C15H19N3O2S2. The number of fused-ring (bicyclic) bond motifs is 2. The van der Waals surface area contributed by atoms with Gasteiger partial charge in [-0.3, -0.25) is 9.59 Å². The summed E-state index contributed by atoms with van der Waals surface area (Å²) in [4.78, 5) is 32.2. The van der Waals surface area contributed by atoms with Crippen molar-refractivity contribution in [3.63, 3.8) is 0 Å². The molecule has 1 N–H and O–H groups in total. The van der Waals surface area contributed by atoms with Crippen molar-refractivity contribution in [3.05, 3.63) is 10.6 Å². The molecule has 3 aliphatic rings. The molecule has 0 spiro atoms. The number of hydrogen-bond acceptors (Lipinski definition) is 5. The van der Waals surface area contributed by atoms with Crippen LogP contribution in [0, 0.1) is 0 Å². The van der Waals surface area contributed by atoms with E-state index in [1.165, 1.54) is 17.7 Å². The molecule has 2 fully saturated rings. The zero-order valence-electron chi connectivity index (χ0n) is 12.6. The van der Waals surface area contributed by atoms with E-state index in [0.29, 0.717) is 17.3 Å². The highest BCUT2D eigenvalue weighted by molar-refractivity contribution is 8.01. The second kappa shape index (κ2) is 5.23. The summed E-state index contributed by atoms with van der Waals surface area (Å²) in [6.45, 7) is 2.07. The van der Waals surface area contributed by atoms with E-state index in [2.05, 4.69) is 17.2 Å². The molecule has 118 valence electrons. The third kappa shape index (κ3) is 2.25. The largest absolute Gasteiger partial charge is 0.315 e. The van der Waals surface area contributed by atoms with Gasteiger partial charge in [0.25, 0.3) is 0 Å². The Morgan fingerprint density at radius 2 is 2.18 bits per heavy atom. The maximum Gasteiger partial charge on any atom is 0.249 e. The number of carbonyl (C=O) groups is 2. The number of aryl methyl sites for hydroxylation is 2. The molecule has 0 radical (unpaired) electrons. The van der Waals surface area contributed by atoms with Crippen molar-refractivity contribution < 1.29 is 9.59 Å². The number of nitrogens with one attached hydrogen (secondary N) is 1. The molecule has 1 aromatic heterocycles. The molecule has 4 rings (SSSR count). The molecule has 2 atom stereocenters. The van der Waals surface area contributed by atoms with Crippen LogP contribution < -0.4 is 5.32 Å². The van der Waals surface area contributed by atoms with Crippen LogP contribution in [0.5, 0.6) is 0 Å². The van der Waals surface area contributed by atoms with Gasteiger partial charge in [0.15, 0.2) is 5.13 Å². The van der Waals surface area contributed by atoms with Crippen molar-refractivity contribution in [1.29, 1.82) is 0 Å². The number of thiazole rings is 1. The highest BCUT2D eigenvalue weighted by Crippen LogP contribution is 2.47. The lowest BCUT2D eigenvalue weighted by Crippen LogP contribution is -2.48. The lowest BCUT2D eigenvalue weighted by atomic mass is 10.0. The smallest absolute Gasteiger partial charge is 0.249 e. The van der Waals surface area contributed by atoms with Crippen LogP contribution >= 0.6 is 23.1 Å². The van der Waals surface area contributed by atoms with E-state index in [1.807, 2.05) is 0 Å². The van der Waals surface area contributed by atoms with Crippen molar-refractivity contribution in [2.24, 2.45) is 0 Å². The molecule has 2 saturated heterocycles. The molecule has 0 aromatic carbocycles. The molecular weight excluding hydrogens is 318 g/mol. The maximum atomic E-state index is 12.6. The fourth-order valence-corrected chi connectivity index (χ4v) is 6.09. The molecule has 22 heavy (non-hydrogen) atoms. The standard InChI is InChI=1S/C15H19N3O2S2/c1-15-7-6-12(19)18(15)10(8-21-15)13(20)17-14-16-9-4-2-3-5-11(9)22-14/h10H,2-8H2,1H3,(H,16,17,20). The fraction of sp³-hybridized carbons (Fsp3) is 0.667. The van der Waals surface area contributed by atoms with Crippen LogP contribution in [-0.2, 0) is 22.4 Å². The molecule has 7 heteroatoms. The SMILES string of the molecule is CC12CCC(=O)N1C(C(=O)Nc1nc3c(s1)CCCC3)CS2. The summed E-state index contributed by atoms with van der Waals surface area (Å²) in [5.74, 6) is 0.697. The first-order chi connectivity index (χ1) is 10.6. The third-order valence-electron chi connectivity index (χ3n) is 4.82. The molecule has 2 aliphatic heterocycles. The third-order valence-corrected chi connectivity index (χ3v) is 7.40. The maximum absolute atomic E-state index is 12.6. The van der Waals surface area contributed by atoms with E-state index in [4.69, 9.17) is 0 Å². The first-order valence-electron chi connectivity index (χ1n) is 7.82. The zero-order chi connectivity index (χ0) is 15.3. The topological polar surface area (TPSA) is 62.3 Å². The monoisotopic (exact) mass is 337 g/mol. The van der Waals surface area contributed by atoms with Gasteiger partial charge < -0.3 is 10.2 Å². The fourth-order valence-electron chi connectivity index (χ4n) is 3.61. The van der Waals surface area contributed by atoms with Gasteiger partial charge in [-0.25, -0.2) is 4.98 Å². The van der Waals surface area contributed by atoms with Gasteiger partial charge in [-0.05, 0) is 39.0 Å². The van der Waals surface area contributed by atoms with Crippen molar-refractivity contribution in [2.45, 2.75) is 56.4 Å². The highest BCUT2D eigenvalue weighted by atomic mass is 32.2. The Hall–Kier alpha value is -1.08. The minimum atomic E-state index is -0.356. The Bertz CT molecular complexity index is 621. The van der Waals surface area contributed by atoms with Gasteiger partial charge >= 0.3 is 0 Å². The first kappa shape index (κ1) is 14.5. The molecule has 2 unspecified atom stereocenters. The Labute approximate surface area is 137 Å². The van der Waals surface area contributed by atoms with Crippen LogP contribution in [0.3, 0.4) is 0 Å². The first-order valence-corrected chi connectivity index (χ1v) is 9.63. The lowest BCUT2D eigenvalue weighted by molar-refractivity contribution is -0.135. The van der Waals surface area contributed by atoms with Crippen LogP contribution in [0.15, 0.2) is 0 Å². The summed E-state index contributed by atoms with van der Waals surface area (Å²) < 4.78 is 0. The Balaban J connectivity index is 1.50. The van der Waals surface area contributed by atoms with Gasteiger partial charge in [-0.15, -0.1) is 23.1 Å². The van der Waals surface area contributed by atoms with Gasteiger partial charge in [-0.1, -0.05) is 0 Å². The Morgan fingerprint density at radius 1 is 1.36 bits per heavy atom. The lowest BCUT2D eigenvalue weighted by Gasteiger charge is -2.29. The second-order valence-electron chi connectivity index (χ2n) is 6.35. The van der Waals surface area contributed by atoms with Crippen LogP contribution in [0.25, 0.3) is 0 Å². The van der Waals surface area contributed by atoms with Crippen LogP contribution in [-0.4, -0.2) is 38.4 Å². The quantitative estimate of drug-likeness (QED) is 0.900. The van der Waals surface area contributed by atoms with Crippen molar-refractivity contribution in [1.82, 2.24) is 9.88 Å². The summed E-state index contributed by atoms with van der Waals surface area (Å²) >= 11 is 3.31. The summed E-state index contributed by atoms with van der Waals surface area (Å²) in [7, 11) is 0. The predicted molar refractivity (Wildman–Crippen MR) is 88.1 cm³/mol. The van der Waals surface area contributed by atoms with E-state index >= 15 is 0 Å². The van der Waals surface area contributed by atoms with Gasteiger partial charge in [0, 0.05) is 17.1 Å². The number of amides is 2.